The van der Waals surface area contributed by atoms with Crippen molar-refractivity contribution < 1.29 is 22.7 Å². The maximum Gasteiger partial charge on any atom is 0.339 e. The molecular weight excluding hydrogens is 448 g/mol. The van der Waals surface area contributed by atoms with Crippen LogP contribution in [-0.4, -0.2) is 43.1 Å². The van der Waals surface area contributed by atoms with E-state index in [1.807, 2.05) is 0 Å². The van der Waals surface area contributed by atoms with E-state index >= 15 is 0 Å². The monoisotopic (exact) mass is 464 g/mol. The second kappa shape index (κ2) is 9.24. The number of nitrogen functional groups attached to an aromatic ring is 1. The number of nitrogens with two attached hydrogens (primary N) is 1. The van der Waals surface area contributed by atoms with Gasteiger partial charge in [-0.1, -0.05) is 30.0 Å². The molecule has 1 aromatic carbocycles. The first-order chi connectivity index (χ1) is 14.3. The summed E-state index contributed by atoms with van der Waals surface area (Å²) in [5.41, 5.74) is 6.36. The van der Waals surface area contributed by atoms with Gasteiger partial charge < -0.3 is 15.8 Å². The van der Waals surface area contributed by atoms with Crippen molar-refractivity contribution in [3.63, 3.8) is 0 Å². The van der Waals surface area contributed by atoms with Crippen LogP contribution in [0.4, 0.5) is 11.5 Å². The number of nitrogens with zero attached hydrogens (tertiary/aromatic N) is 2. The fourth-order valence-electron chi connectivity index (χ4n) is 2.36. The lowest BCUT2D eigenvalue weighted by Gasteiger charge is -2.09. The van der Waals surface area contributed by atoms with Crippen LogP contribution in [0.3, 0.4) is 0 Å². The molecule has 0 spiro atoms. The molecular formula is C18H16N4O5S3. The predicted molar refractivity (Wildman–Crippen MR) is 113 cm³/mol. The Morgan fingerprint density at radius 2 is 2.00 bits per heavy atom. The van der Waals surface area contributed by atoms with E-state index in [-0.39, 0.29) is 31.4 Å². The first-order valence-electron chi connectivity index (χ1n) is 8.34. The van der Waals surface area contributed by atoms with E-state index in [0.29, 0.717) is 5.69 Å². The van der Waals surface area contributed by atoms with Crippen molar-refractivity contribution >= 4 is 56.3 Å². The number of hydrogen-bond acceptors (Lipinski definition) is 10. The van der Waals surface area contributed by atoms with E-state index in [0.717, 1.165) is 29.3 Å². The molecule has 0 fully saturated rings. The summed E-state index contributed by atoms with van der Waals surface area (Å²) in [6.45, 7) is 0. The second-order valence-electron chi connectivity index (χ2n) is 5.71. The molecule has 0 bridgehead atoms. The second-order valence-corrected chi connectivity index (χ2v) is 9.75. The molecule has 0 saturated heterocycles. The van der Waals surface area contributed by atoms with E-state index in [2.05, 4.69) is 20.0 Å². The summed E-state index contributed by atoms with van der Waals surface area (Å²) in [4.78, 5) is 31.8. The number of carbonyl (C=O) groups is 2. The van der Waals surface area contributed by atoms with Gasteiger partial charge in [0.15, 0.2) is 5.16 Å². The minimum atomic E-state index is -3.79. The molecule has 0 unspecified atom stereocenters. The highest BCUT2D eigenvalue weighted by molar-refractivity contribution is 7.99. The van der Waals surface area contributed by atoms with Gasteiger partial charge in [0.2, 0.25) is 15.7 Å². The third-order valence-corrected chi connectivity index (χ3v) is 7.78. The van der Waals surface area contributed by atoms with E-state index in [9.17, 15) is 18.0 Å². The lowest BCUT2D eigenvalue weighted by molar-refractivity contribution is -0.113. The normalized spacial score (nSPS) is 11.1. The molecule has 9 nitrogen and oxygen atoms in total. The molecule has 0 saturated carbocycles. The van der Waals surface area contributed by atoms with Crippen LogP contribution in [0.2, 0.25) is 0 Å². The number of ether oxygens (including phenoxy) is 1. The number of para-hydroxylation sites is 1. The fraction of sp³-hybridized carbons (Fsp3) is 0.111. The van der Waals surface area contributed by atoms with Gasteiger partial charge in [-0.2, -0.15) is 0 Å². The molecule has 3 aromatic rings. The van der Waals surface area contributed by atoms with Crippen LogP contribution < -0.4 is 11.1 Å². The van der Waals surface area contributed by atoms with Gasteiger partial charge >= 0.3 is 5.97 Å². The quantitative estimate of drug-likeness (QED) is 0.306. The number of esters is 1. The highest BCUT2D eigenvalue weighted by Crippen LogP contribution is 2.28. The number of thioether (sulfide) groups is 1. The number of carbonyl (C=O) groups excluding carboxylic acids is 2. The number of amides is 1. The van der Waals surface area contributed by atoms with Crippen molar-refractivity contribution in [3.05, 3.63) is 53.5 Å². The molecule has 0 aliphatic carbocycles. The largest absolute Gasteiger partial charge is 0.465 e. The summed E-state index contributed by atoms with van der Waals surface area (Å²) in [5.74, 6) is -1.25. The van der Waals surface area contributed by atoms with Gasteiger partial charge in [-0.05, 0) is 23.6 Å². The smallest absolute Gasteiger partial charge is 0.339 e. The maximum atomic E-state index is 12.5. The van der Waals surface area contributed by atoms with E-state index in [1.54, 1.807) is 29.6 Å². The Hall–Kier alpha value is -2.96. The van der Waals surface area contributed by atoms with Gasteiger partial charge in [-0.3, -0.25) is 4.79 Å². The molecule has 2 aromatic heterocycles. The molecule has 0 radical (unpaired) electrons. The minimum Gasteiger partial charge on any atom is -0.465 e. The van der Waals surface area contributed by atoms with E-state index in [4.69, 9.17) is 5.73 Å². The fourth-order valence-corrected chi connectivity index (χ4v) is 5.37. The van der Waals surface area contributed by atoms with Gasteiger partial charge in [-0.15, -0.1) is 11.3 Å². The molecule has 30 heavy (non-hydrogen) atoms. The van der Waals surface area contributed by atoms with Crippen LogP contribution in [-0.2, 0) is 19.4 Å². The Bertz CT molecular complexity index is 1180. The highest BCUT2D eigenvalue weighted by Gasteiger charge is 2.23. The number of nitrogens with one attached hydrogen (secondary N) is 1. The number of hydrogen-bond donors (Lipinski definition) is 2. The van der Waals surface area contributed by atoms with Gasteiger partial charge in [0, 0.05) is 0 Å². The lowest BCUT2D eigenvalue weighted by Crippen LogP contribution is -2.17. The predicted octanol–water partition coefficient (Wildman–Crippen LogP) is 2.47. The average Bonchev–Trinajstić information content (AvgIpc) is 3.28. The molecule has 0 atom stereocenters. The molecule has 1 amide bonds. The Morgan fingerprint density at radius 1 is 1.23 bits per heavy atom. The number of rotatable bonds is 7. The Morgan fingerprint density at radius 3 is 2.67 bits per heavy atom. The number of aromatic nitrogens is 2. The molecule has 0 aliphatic rings. The number of sulfone groups is 1. The van der Waals surface area contributed by atoms with Crippen LogP contribution in [0.15, 0.2) is 62.2 Å². The van der Waals surface area contributed by atoms with Crippen molar-refractivity contribution in [1.82, 2.24) is 9.97 Å². The number of benzene rings is 1. The summed E-state index contributed by atoms with van der Waals surface area (Å²) in [5, 5.41) is 4.41. The molecule has 3 N–H and O–H groups in total. The van der Waals surface area contributed by atoms with E-state index in [1.165, 1.54) is 19.2 Å². The molecule has 156 valence electrons. The molecule has 12 heteroatoms. The highest BCUT2D eigenvalue weighted by atomic mass is 32.2. The Labute approximate surface area is 180 Å². The van der Waals surface area contributed by atoms with E-state index < -0.39 is 21.7 Å². The van der Waals surface area contributed by atoms with Gasteiger partial charge in [-0.25, -0.2) is 23.2 Å². The summed E-state index contributed by atoms with van der Waals surface area (Å²) in [7, 11) is -2.54. The molecule has 2 heterocycles. The van der Waals surface area contributed by atoms with Crippen LogP contribution in [0.1, 0.15) is 10.4 Å². The third kappa shape index (κ3) is 4.78. The SMILES string of the molecule is COC(=O)c1ccccc1NC(=O)CSc1ncc(S(=O)(=O)c2cccs2)c(N)n1. The van der Waals surface area contributed by atoms with Crippen molar-refractivity contribution in [3.8, 4) is 0 Å². The van der Waals surface area contributed by atoms with Crippen molar-refractivity contribution in [2.75, 3.05) is 23.9 Å². The van der Waals surface area contributed by atoms with Crippen LogP contribution >= 0.6 is 23.1 Å². The van der Waals surface area contributed by atoms with Crippen LogP contribution in [0.25, 0.3) is 0 Å². The topological polar surface area (TPSA) is 141 Å². The first-order valence-corrected chi connectivity index (χ1v) is 11.7. The van der Waals surface area contributed by atoms with Crippen molar-refractivity contribution in [2.24, 2.45) is 0 Å². The van der Waals surface area contributed by atoms with Crippen molar-refractivity contribution in [2.45, 2.75) is 14.3 Å². The summed E-state index contributed by atoms with van der Waals surface area (Å²) >= 11 is 2.04. The summed E-state index contributed by atoms with van der Waals surface area (Å²) < 4.78 is 29.9. The molecule has 3 rings (SSSR count). The molecule has 0 aliphatic heterocycles. The van der Waals surface area contributed by atoms with Crippen LogP contribution in [0, 0.1) is 0 Å². The Balaban J connectivity index is 1.68. The zero-order valence-corrected chi connectivity index (χ0v) is 18.0. The zero-order chi connectivity index (χ0) is 21.7. The lowest BCUT2D eigenvalue weighted by atomic mass is 10.2. The number of thiophene rings is 1. The van der Waals surface area contributed by atoms with Crippen LogP contribution in [0.5, 0.6) is 0 Å². The van der Waals surface area contributed by atoms with Crippen molar-refractivity contribution in [1.29, 1.82) is 0 Å². The first kappa shape index (κ1) is 21.7. The van der Waals surface area contributed by atoms with Gasteiger partial charge in [0.1, 0.15) is 14.9 Å². The summed E-state index contributed by atoms with van der Waals surface area (Å²) in [6, 6.07) is 9.53. The third-order valence-electron chi connectivity index (χ3n) is 3.75. The van der Waals surface area contributed by atoms with Gasteiger partial charge in [0.25, 0.3) is 0 Å². The standard InChI is InChI=1S/C18H16N4O5S3/c1-27-17(24)11-5-2-3-6-12(11)21-14(23)10-29-18-20-9-13(16(19)22-18)30(25,26)15-7-4-8-28-15/h2-9H,10H2,1H3,(H,21,23)(H2,19,20,22). The minimum absolute atomic E-state index is 0.0774. The number of anilines is 2. The number of methoxy groups -OCH3 is 1. The average molecular weight is 465 g/mol. The zero-order valence-electron chi connectivity index (χ0n) is 15.6. The maximum absolute atomic E-state index is 12.5. The van der Waals surface area contributed by atoms with Gasteiger partial charge in [0.05, 0.1) is 30.3 Å². The summed E-state index contributed by atoms with van der Waals surface area (Å²) in [6.07, 6.45) is 1.13. The Kier molecular flexibility index (Phi) is 6.70.